The van der Waals surface area contributed by atoms with Crippen LogP contribution in [0.15, 0.2) is 83.9 Å². The number of rotatable bonds is 6. The van der Waals surface area contributed by atoms with Gasteiger partial charge in [-0.25, -0.2) is 12.8 Å². The van der Waals surface area contributed by atoms with Crippen molar-refractivity contribution in [2.24, 2.45) is 0 Å². The predicted octanol–water partition coefficient (Wildman–Crippen LogP) is 5.32. The van der Waals surface area contributed by atoms with Crippen molar-refractivity contribution in [1.29, 1.82) is 0 Å². The van der Waals surface area contributed by atoms with Gasteiger partial charge in [0.05, 0.1) is 21.7 Å². The minimum atomic E-state index is -4.74. The van der Waals surface area contributed by atoms with Gasteiger partial charge in [0.1, 0.15) is 5.82 Å². The molecule has 40 heavy (non-hydrogen) atoms. The third-order valence-corrected chi connectivity index (χ3v) is 8.61. The fourth-order valence-electron chi connectivity index (χ4n) is 4.80. The quantitative estimate of drug-likeness (QED) is 0.293. The Hall–Kier alpha value is -3.83. The average Bonchev–Trinajstić information content (AvgIpc) is 2.92. The maximum Gasteiger partial charge on any atom is 0.419 e. The van der Waals surface area contributed by atoms with Gasteiger partial charge in [0.2, 0.25) is 0 Å². The Bertz CT molecular complexity index is 1640. The Morgan fingerprint density at radius 2 is 1.55 bits per heavy atom. The van der Waals surface area contributed by atoms with Gasteiger partial charge in [0.25, 0.3) is 5.91 Å². The molecule has 1 fully saturated rings. The van der Waals surface area contributed by atoms with Gasteiger partial charge in [0.15, 0.2) is 9.84 Å². The summed E-state index contributed by atoms with van der Waals surface area (Å²) in [6.45, 7) is 2.01. The third kappa shape index (κ3) is 6.00. The lowest BCUT2D eigenvalue weighted by atomic mass is 10.1. The summed E-state index contributed by atoms with van der Waals surface area (Å²) in [5, 5.41) is 0.733. The SMILES string of the molecule is O=C(c1ccc(CS(=O)(=O)c2cccc3cccnc23)cc1)N1CCN(Cc2ccc(C(F)(F)F)c(F)c2)CC1. The number of hydrogen-bond acceptors (Lipinski definition) is 5. The highest BCUT2D eigenvalue weighted by Crippen LogP contribution is 2.32. The zero-order chi connectivity index (χ0) is 28.5. The number of alkyl halides is 3. The molecule has 0 saturated carbocycles. The van der Waals surface area contributed by atoms with E-state index in [9.17, 15) is 30.8 Å². The highest BCUT2D eigenvalue weighted by molar-refractivity contribution is 7.90. The van der Waals surface area contributed by atoms with Crippen LogP contribution in [0.2, 0.25) is 0 Å². The summed E-state index contributed by atoms with van der Waals surface area (Å²) in [6, 6.07) is 17.9. The topological polar surface area (TPSA) is 70.6 Å². The second kappa shape index (κ2) is 11.0. The number of benzene rings is 3. The van der Waals surface area contributed by atoms with Crippen molar-refractivity contribution < 1.29 is 30.8 Å². The number of halogens is 4. The molecule has 4 aromatic rings. The Balaban J connectivity index is 1.19. The Kier molecular flexibility index (Phi) is 7.61. The van der Waals surface area contributed by atoms with Crippen molar-refractivity contribution in [2.75, 3.05) is 26.2 Å². The summed E-state index contributed by atoms with van der Waals surface area (Å²) in [4.78, 5) is 21.0. The molecule has 0 aliphatic carbocycles. The molecule has 0 bridgehead atoms. The van der Waals surface area contributed by atoms with Crippen LogP contribution in [0.3, 0.4) is 0 Å². The van der Waals surface area contributed by atoms with E-state index in [1.165, 1.54) is 12.1 Å². The van der Waals surface area contributed by atoms with Crippen molar-refractivity contribution >= 4 is 26.6 Å². The van der Waals surface area contributed by atoms with Crippen molar-refractivity contribution in [2.45, 2.75) is 23.4 Å². The third-order valence-electron chi connectivity index (χ3n) is 6.89. The Morgan fingerprint density at radius 3 is 2.23 bits per heavy atom. The van der Waals surface area contributed by atoms with Gasteiger partial charge in [-0.05, 0) is 47.5 Å². The first-order valence-electron chi connectivity index (χ1n) is 12.5. The minimum absolute atomic E-state index is 0.155. The van der Waals surface area contributed by atoms with Gasteiger partial charge in [-0.15, -0.1) is 0 Å². The van der Waals surface area contributed by atoms with E-state index < -0.39 is 27.4 Å². The first-order valence-corrected chi connectivity index (χ1v) is 14.2. The molecule has 3 aromatic carbocycles. The summed E-state index contributed by atoms with van der Waals surface area (Å²) in [5.41, 5.74) is 0.514. The molecule has 11 heteroatoms. The fraction of sp³-hybridized carbons (Fsp3) is 0.241. The van der Waals surface area contributed by atoms with Crippen LogP contribution in [0.1, 0.15) is 27.0 Å². The first-order chi connectivity index (χ1) is 19.0. The number of fused-ring (bicyclic) bond motifs is 1. The molecule has 5 rings (SSSR count). The summed E-state index contributed by atoms with van der Waals surface area (Å²) < 4.78 is 78.6. The summed E-state index contributed by atoms with van der Waals surface area (Å²) in [7, 11) is -3.68. The van der Waals surface area contributed by atoms with Crippen LogP contribution in [0.25, 0.3) is 10.9 Å². The Labute approximate surface area is 228 Å². The smallest absolute Gasteiger partial charge is 0.336 e. The molecule has 1 aliphatic heterocycles. The van der Waals surface area contributed by atoms with Crippen LogP contribution in [-0.2, 0) is 28.3 Å². The lowest BCUT2D eigenvalue weighted by Gasteiger charge is -2.35. The minimum Gasteiger partial charge on any atom is -0.336 e. The fourth-order valence-corrected chi connectivity index (χ4v) is 6.34. The van der Waals surface area contributed by atoms with Gasteiger partial charge in [-0.3, -0.25) is 14.7 Å². The monoisotopic (exact) mass is 571 g/mol. The van der Waals surface area contributed by atoms with E-state index in [0.29, 0.717) is 48.4 Å². The molecular weight excluding hydrogens is 546 g/mol. The molecule has 6 nitrogen and oxygen atoms in total. The van der Waals surface area contributed by atoms with Crippen LogP contribution >= 0.6 is 0 Å². The van der Waals surface area contributed by atoms with Crippen molar-refractivity contribution in [3.63, 3.8) is 0 Å². The second-order valence-corrected chi connectivity index (χ2v) is 11.6. The van der Waals surface area contributed by atoms with E-state index in [-0.39, 0.29) is 23.1 Å². The maximum absolute atomic E-state index is 13.9. The van der Waals surface area contributed by atoms with Crippen LogP contribution in [0.4, 0.5) is 17.6 Å². The molecule has 0 spiro atoms. The van der Waals surface area contributed by atoms with Gasteiger partial charge >= 0.3 is 6.18 Å². The molecule has 2 heterocycles. The van der Waals surface area contributed by atoms with Crippen molar-refractivity contribution in [3.8, 4) is 0 Å². The number of piperazine rings is 1. The van der Waals surface area contributed by atoms with Crippen LogP contribution in [-0.4, -0.2) is 55.3 Å². The molecule has 0 N–H and O–H groups in total. The van der Waals surface area contributed by atoms with E-state index >= 15 is 0 Å². The summed E-state index contributed by atoms with van der Waals surface area (Å²) in [5.74, 6) is -1.74. The molecule has 0 radical (unpaired) electrons. The molecular formula is C29H25F4N3O3S. The molecule has 1 saturated heterocycles. The number of amides is 1. The van der Waals surface area contributed by atoms with E-state index in [4.69, 9.17) is 0 Å². The molecule has 0 unspecified atom stereocenters. The second-order valence-electron chi connectivity index (χ2n) is 9.67. The maximum atomic E-state index is 13.9. The number of nitrogens with zero attached hydrogens (tertiary/aromatic N) is 3. The zero-order valence-electron chi connectivity index (χ0n) is 21.2. The number of hydrogen-bond donors (Lipinski definition) is 0. The van der Waals surface area contributed by atoms with E-state index in [1.807, 2.05) is 4.90 Å². The average molecular weight is 572 g/mol. The highest BCUT2D eigenvalue weighted by atomic mass is 32.2. The lowest BCUT2D eigenvalue weighted by Crippen LogP contribution is -2.48. The molecule has 1 amide bonds. The van der Waals surface area contributed by atoms with E-state index in [1.54, 1.807) is 59.6 Å². The van der Waals surface area contributed by atoms with Gasteiger partial charge < -0.3 is 4.90 Å². The normalized spacial score (nSPS) is 14.9. The predicted molar refractivity (Wildman–Crippen MR) is 142 cm³/mol. The standard InChI is InChI=1S/C29H25F4N3O3S/c30-25-17-21(8-11-24(25)29(31,32)33)18-35-13-15-36(16-14-35)28(37)23-9-6-20(7-10-23)19-40(38,39)26-5-1-3-22-4-2-12-34-27(22)26/h1-12,17H,13-16,18-19H2. The Morgan fingerprint density at radius 1 is 0.875 bits per heavy atom. The van der Waals surface area contributed by atoms with E-state index in [2.05, 4.69) is 4.98 Å². The first kappa shape index (κ1) is 27.7. The number of para-hydroxylation sites is 1. The van der Waals surface area contributed by atoms with Gasteiger partial charge in [-0.2, -0.15) is 13.2 Å². The number of pyridine rings is 1. The highest BCUT2D eigenvalue weighted by Gasteiger charge is 2.34. The van der Waals surface area contributed by atoms with Crippen LogP contribution in [0.5, 0.6) is 0 Å². The number of sulfone groups is 1. The van der Waals surface area contributed by atoms with Gasteiger partial charge in [0, 0.05) is 49.9 Å². The number of carbonyl (C=O) groups is 1. The molecule has 0 atom stereocenters. The number of aromatic nitrogens is 1. The summed E-state index contributed by atoms with van der Waals surface area (Å²) in [6.07, 6.45) is -3.19. The summed E-state index contributed by atoms with van der Waals surface area (Å²) >= 11 is 0. The van der Waals surface area contributed by atoms with Crippen molar-refractivity contribution in [3.05, 3.63) is 107 Å². The number of carbonyl (C=O) groups excluding carboxylic acids is 1. The van der Waals surface area contributed by atoms with Crippen LogP contribution < -0.4 is 0 Å². The lowest BCUT2D eigenvalue weighted by molar-refractivity contribution is -0.140. The molecule has 1 aromatic heterocycles. The van der Waals surface area contributed by atoms with Crippen LogP contribution in [0, 0.1) is 5.82 Å². The zero-order valence-corrected chi connectivity index (χ0v) is 22.1. The van der Waals surface area contributed by atoms with Crippen molar-refractivity contribution in [1.82, 2.24) is 14.8 Å². The van der Waals surface area contributed by atoms with Gasteiger partial charge in [-0.1, -0.05) is 36.4 Å². The molecule has 208 valence electrons. The largest absolute Gasteiger partial charge is 0.419 e. The molecule has 1 aliphatic rings. The van der Waals surface area contributed by atoms with E-state index in [0.717, 1.165) is 17.5 Å².